The van der Waals surface area contributed by atoms with Crippen molar-refractivity contribution in [3.05, 3.63) is 21.7 Å². The van der Waals surface area contributed by atoms with Crippen LogP contribution in [0.15, 0.2) is 0 Å². The van der Waals surface area contributed by atoms with Gasteiger partial charge in [0.25, 0.3) is 5.91 Å². The van der Waals surface area contributed by atoms with E-state index in [4.69, 9.17) is 27.9 Å². The van der Waals surface area contributed by atoms with Crippen LogP contribution in [0.5, 0.6) is 5.75 Å². The molecule has 8 heteroatoms. The van der Waals surface area contributed by atoms with Gasteiger partial charge in [-0.2, -0.15) is 4.39 Å². The fourth-order valence-electron chi connectivity index (χ4n) is 3.14. The number of hydrogen-bond acceptors (Lipinski definition) is 4. The van der Waals surface area contributed by atoms with Crippen molar-refractivity contribution in [1.29, 1.82) is 0 Å². The van der Waals surface area contributed by atoms with E-state index in [1.807, 2.05) is 20.8 Å². The molecule has 0 saturated carbocycles. The van der Waals surface area contributed by atoms with Gasteiger partial charge in [-0.05, 0) is 0 Å². The minimum absolute atomic E-state index is 0.0107. The topological polar surface area (TPSA) is 54.5 Å². The lowest BCUT2D eigenvalue weighted by molar-refractivity contribution is 0.00235. The van der Waals surface area contributed by atoms with Crippen LogP contribution in [-0.2, 0) is 0 Å². The fourth-order valence-corrected chi connectivity index (χ4v) is 3.48. The molecular formula is C15H18Cl2FN3O2. The molecule has 1 aromatic rings. The van der Waals surface area contributed by atoms with Gasteiger partial charge in [0.1, 0.15) is 16.7 Å². The van der Waals surface area contributed by atoms with Crippen molar-refractivity contribution in [3.63, 3.8) is 0 Å². The van der Waals surface area contributed by atoms with E-state index >= 15 is 0 Å². The van der Waals surface area contributed by atoms with Crippen molar-refractivity contribution in [2.24, 2.45) is 5.41 Å². The predicted octanol–water partition coefficient (Wildman–Crippen LogP) is 2.75. The Kier molecular flexibility index (Phi) is 4.19. The summed E-state index contributed by atoms with van der Waals surface area (Å²) in [5.41, 5.74) is -0.530. The maximum absolute atomic E-state index is 14.3. The van der Waals surface area contributed by atoms with Crippen LogP contribution in [0.25, 0.3) is 0 Å². The summed E-state index contributed by atoms with van der Waals surface area (Å²) in [6.07, 6.45) is -0.365. The fraction of sp³-hybridized carbons (Fsp3) is 0.600. The Morgan fingerprint density at radius 3 is 2.74 bits per heavy atom. The minimum Gasteiger partial charge on any atom is -0.485 e. The second kappa shape index (κ2) is 5.76. The molecule has 0 aliphatic carbocycles. The standard InChI is InChI=1S/C15H18Cl2FN3O2/c1-15(2,3)11-7-6-19-4-5-21(7)14(22)8-10(23-11)9(16)12(17)20-13(8)18/h7,11,19H,4-6H2,1-3H3/t7?,11-/m0/s1. The molecule has 5 nitrogen and oxygen atoms in total. The van der Waals surface area contributed by atoms with Gasteiger partial charge in [0.15, 0.2) is 10.9 Å². The van der Waals surface area contributed by atoms with Crippen molar-refractivity contribution in [1.82, 2.24) is 15.2 Å². The second-order valence-corrected chi connectivity index (χ2v) is 7.62. The van der Waals surface area contributed by atoms with Gasteiger partial charge in [0, 0.05) is 25.0 Å². The van der Waals surface area contributed by atoms with E-state index < -0.39 is 11.9 Å². The number of halogens is 3. The molecule has 23 heavy (non-hydrogen) atoms. The van der Waals surface area contributed by atoms with Crippen LogP contribution in [0.2, 0.25) is 10.2 Å². The molecule has 126 valence electrons. The Hall–Kier alpha value is -1.11. The largest absolute Gasteiger partial charge is 0.485 e. The Labute approximate surface area is 144 Å². The average molecular weight is 362 g/mol. The molecule has 2 aliphatic rings. The number of nitrogens with zero attached hydrogens (tertiary/aromatic N) is 2. The number of carbonyl (C=O) groups is 1. The molecule has 2 aliphatic heterocycles. The number of carbonyl (C=O) groups excluding carboxylic acids is 1. The third kappa shape index (κ3) is 2.77. The first-order chi connectivity index (χ1) is 10.7. The van der Waals surface area contributed by atoms with Gasteiger partial charge in [0.05, 0.1) is 6.04 Å². The highest BCUT2D eigenvalue weighted by Crippen LogP contribution is 2.42. The lowest BCUT2D eigenvalue weighted by atomic mass is 9.83. The molecule has 1 fully saturated rings. The summed E-state index contributed by atoms with van der Waals surface area (Å²) in [5, 5.41) is 3.02. The molecule has 3 rings (SSSR count). The lowest BCUT2D eigenvalue weighted by Gasteiger charge is -2.43. The molecule has 0 radical (unpaired) electrons. The minimum atomic E-state index is -0.953. The van der Waals surface area contributed by atoms with E-state index in [1.54, 1.807) is 4.90 Å². The molecule has 3 heterocycles. The number of piperazine rings is 1. The summed E-state index contributed by atoms with van der Waals surface area (Å²) in [5.74, 6) is -1.42. The highest BCUT2D eigenvalue weighted by Gasteiger charge is 2.46. The number of aromatic nitrogens is 1. The van der Waals surface area contributed by atoms with Crippen molar-refractivity contribution in [3.8, 4) is 5.75 Å². The molecule has 1 unspecified atom stereocenters. The number of nitrogens with one attached hydrogen (secondary N) is 1. The number of ether oxygens (including phenoxy) is 1. The Morgan fingerprint density at radius 1 is 1.39 bits per heavy atom. The first-order valence-corrected chi connectivity index (χ1v) is 8.20. The maximum atomic E-state index is 14.3. The van der Waals surface area contributed by atoms with Gasteiger partial charge >= 0.3 is 0 Å². The molecule has 0 bridgehead atoms. The molecule has 1 aromatic heterocycles. The zero-order valence-corrected chi connectivity index (χ0v) is 14.6. The second-order valence-electron chi connectivity index (χ2n) is 6.89. The summed E-state index contributed by atoms with van der Waals surface area (Å²) >= 11 is 12.0. The van der Waals surface area contributed by atoms with Crippen LogP contribution in [0, 0.1) is 11.4 Å². The van der Waals surface area contributed by atoms with E-state index in [9.17, 15) is 9.18 Å². The monoisotopic (exact) mass is 361 g/mol. The number of fused-ring (bicyclic) bond motifs is 2. The third-order valence-corrected chi connectivity index (χ3v) is 4.94. The van der Waals surface area contributed by atoms with E-state index in [0.29, 0.717) is 19.6 Å². The summed E-state index contributed by atoms with van der Waals surface area (Å²) in [7, 11) is 0. The predicted molar refractivity (Wildman–Crippen MR) is 85.8 cm³/mol. The normalized spacial score (nSPS) is 24.6. The van der Waals surface area contributed by atoms with Gasteiger partial charge in [0.2, 0.25) is 5.95 Å². The molecule has 2 atom stereocenters. The van der Waals surface area contributed by atoms with Crippen LogP contribution < -0.4 is 10.1 Å². The third-order valence-electron chi connectivity index (χ3n) is 4.22. The SMILES string of the molecule is CC(C)(C)[C@H]1Oc2c(Cl)c(Cl)nc(F)c2C(=O)N2CCNCC12. The van der Waals surface area contributed by atoms with Gasteiger partial charge in [-0.3, -0.25) is 4.79 Å². The molecule has 0 spiro atoms. The number of rotatable bonds is 0. The van der Waals surface area contributed by atoms with Crippen LogP contribution in [0.4, 0.5) is 4.39 Å². The molecular weight excluding hydrogens is 344 g/mol. The van der Waals surface area contributed by atoms with E-state index in [2.05, 4.69) is 10.3 Å². The van der Waals surface area contributed by atoms with Gasteiger partial charge in [-0.15, -0.1) is 0 Å². The summed E-state index contributed by atoms with van der Waals surface area (Å²) in [6.45, 7) is 7.71. The first-order valence-electron chi connectivity index (χ1n) is 7.44. The van der Waals surface area contributed by atoms with Gasteiger partial charge in [-0.25, -0.2) is 4.98 Å². The van der Waals surface area contributed by atoms with E-state index in [1.165, 1.54) is 0 Å². The molecule has 1 amide bonds. The average Bonchev–Trinajstić information content (AvgIpc) is 2.60. The molecule has 0 aromatic carbocycles. The Balaban J connectivity index is 2.21. The summed E-state index contributed by atoms with van der Waals surface area (Å²) < 4.78 is 20.4. The van der Waals surface area contributed by atoms with Crippen molar-refractivity contribution in [2.75, 3.05) is 19.6 Å². The van der Waals surface area contributed by atoms with Crippen molar-refractivity contribution >= 4 is 29.1 Å². The first kappa shape index (κ1) is 16.7. The molecule has 1 saturated heterocycles. The maximum Gasteiger partial charge on any atom is 0.262 e. The van der Waals surface area contributed by atoms with Crippen LogP contribution in [-0.4, -0.2) is 47.6 Å². The zero-order valence-electron chi connectivity index (χ0n) is 13.1. The summed E-state index contributed by atoms with van der Waals surface area (Å²) in [6, 6.07) is -0.224. The quantitative estimate of drug-likeness (QED) is 0.722. The number of amides is 1. The Morgan fingerprint density at radius 2 is 2.09 bits per heavy atom. The Bertz CT molecular complexity index is 663. The number of hydrogen-bond donors (Lipinski definition) is 1. The molecule has 1 N–H and O–H groups in total. The van der Waals surface area contributed by atoms with E-state index in [0.717, 1.165) is 0 Å². The van der Waals surface area contributed by atoms with Crippen LogP contribution in [0.1, 0.15) is 31.1 Å². The number of pyridine rings is 1. The van der Waals surface area contributed by atoms with Gasteiger partial charge in [-0.1, -0.05) is 44.0 Å². The highest BCUT2D eigenvalue weighted by molar-refractivity contribution is 6.42. The smallest absolute Gasteiger partial charge is 0.262 e. The van der Waals surface area contributed by atoms with Crippen LogP contribution in [0.3, 0.4) is 0 Å². The van der Waals surface area contributed by atoms with Crippen molar-refractivity contribution < 1.29 is 13.9 Å². The lowest BCUT2D eigenvalue weighted by Crippen LogP contribution is -2.61. The van der Waals surface area contributed by atoms with E-state index in [-0.39, 0.29) is 39.0 Å². The zero-order chi connectivity index (χ0) is 16.9. The van der Waals surface area contributed by atoms with Gasteiger partial charge < -0.3 is 15.0 Å². The van der Waals surface area contributed by atoms with Crippen molar-refractivity contribution in [2.45, 2.75) is 32.9 Å². The van der Waals surface area contributed by atoms with Crippen LogP contribution >= 0.6 is 23.2 Å². The highest BCUT2D eigenvalue weighted by atomic mass is 35.5. The summed E-state index contributed by atoms with van der Waals surface area (Å²) in [4.78, 5) is 18.0.